The first-order valence-electron chi connectivity index (χ1n) is 2.76. The third-order valence-electron chi connectivity index (χ3n) is 1.10. The fourth-order valence-corrected chi connectivity index (χ4v) is 1.58. The van der Waals surface area contributed by atoms with Crippen molar-refractivity contribution in [1.29, 1.82) is 0 Å². The van der Waals surface area contributed by atoms with Crippen LogP contribution in [0.5, 0.6) is 5.75 Å². The minimum atomic E-state index is 0.296. The van der Waals surface area contributed by atoms with E-state index in [0.29, 0.717) is 20.8 Å². The minimum Gasteiger partial charge on any atom is -0.494 e. The van der Waals surface area contributed by atoms with Gasteiger partial charge in [0, 0.05) is 6.07 Å². The number of rotatable bonds is 1. The van der Waals surface area contributed by atoms with Crippen molar-refractivity contribution in [1.82, 2.24) is 0 Å². The Bertz CT molecular complexity index is 249. The Balaban J connectivity index is 3.25. The van der Waals surface area contributed by atoms with Crippen LogP contribution in [0.2, 0.25) is 15.1 Å². The summed E-state index contributed by atoms with van der Waals surface area (Å²) in [6, 6.07) is 4.17. The summed E-state index contributed by atoms with van der Waals surface area (Å²) in [6.07, 6.45) is 0. The van der Waals surface area contributed by atoms with Crippen LogP contribution in [0.3, 0.4) is 0 Å². The standard InChI is InChI=1S/C7H4Cl3O/c1-11-7-5(9)2-4(8)3-6(7)10/h2H,1H3. The lowest BCUT2D eigenvalue weighted by Crippen LogP contribution is -1.85. The van der Waals surface area contributed by atoms with Crippen LogP contribution in [0.4, 0.5) is 0 Å². The highest BCUT2D eigenvalue weighted by Crippen LogP contribution is 2.34. The first-order chi connectivity index (χ1) is 5.15. The quantitative estimate of drug-likeness (QED) is 0.690. The highest BCUT2D eigenvalue weighted by molar-refractivity contribution is 6.39. The maximum Gasteiger partial charge on any atom is 0.156 e. The van der Waals surface area contributed by atoms with E-state index >= 15 is 0 Å². The van der Waals surface area contributed by atoms with Crippen LogP contribution in [0.25, 0.3) is 0 Å². The Morgan fingerprint density at radius 2 is 2.00 bits per heavy atom. The zero-order valence-corrected chi connectivity index (χ0v) is 7.89. The van der Waals surface area contributed by atoms with Gasteiger partial charge in [-0.25, -0.2) is 0 Å². The van der Waals surface area contributed by atoms with Crippen molar-refractivity contribution < 1.29 is 4.74 Å². The van der Waals surface area contributed by atoms with Gasteiger partial charge in [0.2, 0.25) is 0 Å². The second kappa shape index (κ2) is 3.53. The lowest BCUT2D eigenvalue weighted by molar-refractivity contribution is 0.415. The molecule has 1 rings (SSSR count). The van der Waals surface area contributed by atoms with Crippen LogP contribution in [-0.4, -0.2) is 7.11 Å². The molecule has 11 heavy (non-hydrogen) atoms. The van der Waals surface area contributed by atoms with E-state index in [1.807, 2.05) is 0 Å². The fourth-order valence-electron chi connectivity index (χ4n) is 0.666. The lowest BCUT2D eigenvalue weighted by Gasteiger charge is -2.04. The van der Waals surface area contributed by atoms with E-state index in [9.17, 15) is 0 Å². The van der Waals surface area contributed by atoms with E-state index in [4.69, 9.17) is 39.5 Å². The number of methoxy groups -OCH3 is 1. The molecular weight excluding hydrogens is 206 g/mol. The van der Waals surface area contributed by atoms with E-state index in [1.165, 1.54) is 13.2 Å². The number of halogens is 3. The zero-order valence-electron chi connectivity index (χ0n) is 5.62. The molecule has 0 saturated heterocycles. The van der Waals surface area contributed by atoms with Crippen LogP contribution < -0.4 is 4.74 Å². The molecule has 0 bridgehead atoms. The molecule has 0 fully saturated rings. The molecule has 0 amide bonds. The Labute approximate surface area is 79.8 Å². The van der Waals surface area contributed by atoms with E-state index < -0.39 is 0 Å². The Kier molecular flexibility index (Phi) is 2.88. The summed E-state index contributed by atoms with van der Waals surface area (Å²) in [7, 11) is 1.48. The molecule has 0 spiro atoms. The molecule has 0 saturated carbocycles. The van der Waals surface area contributed by atoms with Gasteiger partial charge in [-0.3, -0.25) is 0 Å². The van der Waals surface area contributed by atoms with Gasteiger partial charge in [-0.2, -0.15) is 0 Å². The van der Waals surface area contributed by atoms with Crippen LogP contribution >= 0.6 is 34.8 Å². The second-order valence-corrected chi connectivity index (χ2v) is 3.00. The molecule has 0 unspecified atom stereocenters. The molecule has 1 nitrogen and oxygen atoms in total. The predicted octanol–water partition coefficient (Wildman–Crippen LogP) is 3.46. The molecular formula is C7H4Cl3O. The molecule has 0 atom stereocenters. The third kappa shape index (κ3) is 1.92. The third-order valence-corrected chi connectivity index (χ3v) is 1.85. The summed E-state index contributed by atoms with van der Waals surface area (Å²) >= 11 is 17.0. The van der Waals surface area contributed by atoms with E-state index in [0.717, 1.165) is 0 Å². The second-order valence-electron chi connectivity index (χ2n) is 1.81. The molecule has 1 aromatic carbocycles. The predicted molar refractivity (Wildman–Crippen MR) is 46.9 cm³/mol. The molecule has 0 heterocycles. The van der Waals surface area contributed by atoms with Crippen LogP contribution in [-0.2, 0) is 0 Å². The number of hydrogen-bond acceptors (Lipinski definition) is 1. The van der Waals surface area contributed by atoms with Crippen molar-refractivity contribution in [2.45, 2.75) is 0 Å². The van der Waals surface area contributed by atoms with Gasteiger partial charge >= 0.3 is 0 Å². The summed E-state index contributed by atoms with van der Waals surface area (Å²) in [4.78, 5) is 0. The summed E-state index contributed by atoms with van der Waals surface area (Å²) in [5, 5.41) is 1.06. The molecule has 0 aromatic heterocycles. The summed E-state index contributed by atoms with van der Waals surface area (Å²) in [5.41, 5.74) is 0. The van der Waals surface area contributed by atoms with Gasteiger partial charge < -0.3 is 4.74 Å². The first-order valence-corrected chi connectivity index (χ1v) is 3.89. The molecule has 0 aliphatic heterocycles. The Morgan fingerprint density at radius 3 is 2.45 bits per heavy atom. The molecule has 1 aromatic rings. The van der Waals surface area contributed by atoms with Gasteiger partial charge in [0.15, 0.2) is 5.75 Å². The average molecular weight is 210 g/mol. The van der Waals surface area contributed by atoms with Crippen LogP contribution in [0.15, 0.2) is 6.07 Å². The summed E-state index contributed by atoms with van der Waals surface area (Å²) in [5.74, 6) is 0.401. The number of ether oxygens (including phenoxy) is 1. The highest BCUT2D eigenvalue weighted by atomic mass is 35.5. The molecule has 59 valence electrons. The molecule has 1 radical (unpaired) electrons. The number of benzene rings is 1. The van der Waals surface area contributed by atoms with Crippen LogP contribution in [0, 0.1) is 6.07 Å². The minimum absolute atomic E-state index is 0.296. The number of hydrogen-bond donors (Lipinski definition) is 0. The Morgan fingerprint density at radius 1 is 1.36 bits per heavy atom. The van der Waals surface area contributed by atoms with Gasteiger partial charge in [-0.15, -0.1) is 0 Å². The fraction of sp³-hybridized carbons (Fsp3) is 0.143. The largest absolute Gasteiger partial charge is 0.494 e. The average Bonchev–Trinajstić information content (AvgIpc) is 1.85. The van der Waals surface area contributed by atoms with Crippen molar-refractivity contribution in [2.75, 3.05) is 7.11 Å². The normalized spacial score (nSPS) is 9.82. The van der Waals surface area contributed by atoms with Crippen molar-refractivity contribution >= 4 is 34.8 Å². The van der Waals surface area contributed by atoms with Gasteiger partial charge in [-0.1, -0.05) is 34.8 Å². The zero-order chi connectivity index (χ0) is 8.43. The van der Waals surface area contributed by atoms with Crippen molar-refractivity contribution in [2.24, 2.45) is 0 Å². The van der Waals surface area contributed by atoms with Crippen molar-refractivity contribution in [3.05, 3.63) is 27.2 Å². The molecule has 0 N–H and O–H groups in total. The van der Waals surface area contributed by atoms with E-state index in [-0.39, 0.29) is 0 Å². The van der Waals surface area contributed by atoms with Gasteiger partial charge in [-0.05, 0) is 6.07 Å². The van der Waals surface area contributed by atoms with Crippen molar-refractivity contribution in [3.63, 3.8) is 0 Å². The first kappa shape index (κ1) is 8.98. The van der Waals surface area contributed by atoms with Gasteiger partial charge in [0.25, 0.3) is 0 Å². The van der Waals surface area contributed by atoms with Gasteiger partial charge in [0.1, 0.15) is 0 Å². The van der Waals surface area contributed by atoms with Crippen molar-refractivity contribution in [3.8, 4) is 5.75 Å². The highest BCUT2D eigenvalue weighted by Gasteiger charge is 2.07. The lowest BCUT2D eigenvalue weighted by atomic mass is 10.3. The molecule has 0 aliphatic carbocycles. The summed E-state index contributed by atoms with van der Waals surface area (Å²) < 4.78 is 4.88. The van der Waals surface area contributed by atoms with E-state index in [1.54, 1.807) is 0 Å². The topological polar surface area (TPSA) is 9.23 Å². The molecule has 0 aliphatic rings. The SMILES string of the molecule is COc1c(Cl)[c]c(Cl)cc1Cl. The maximum absolute atomic E-state index is 5.72. The molecule has 4 heteroatoms. The summed E-state index contributed by atoms with van der Waals surface area (Å²) in [6.45, 7) is 0. The van der Waals surface area contributed by atoms with Gasteiger partial charge in [0.05, 0.1) is 22.2 Å². The van der Waals surface area contributed by atoms with Crippen LogP contribution in [0.1, 0.15) is 0 Å². The van der Waals surface area contributed by atoms with E-state index in [2.05, 4.69) is 6.07 Å². The smallest absolute Gasteiger partial charge is 0.156 e. The monoisotopic (exact) mass is 209 g/mol. The maximum atomic E-state index is 5.72. The Hall–Kier alpha value is -0.110.